The van der Waals surface area contributed by atoms with E-state index >= 15 is 8.63 Å². The summed E-state index contributed by atoms with van der Waals surface area (Å²) in [5.74, 6) is -6.66. The van der Waals surface area contributed by atoms with Crippen LogP contribution in [0.4, 0.5) is 14.3 Å². The number of rotatable bonds is 30. The van der Waals surface area contributed by atoms with Crippen LogP contribution in [0, 0.1) is 0 Å². The van der Waals surface area contributed by atoms with Crippen molar-refractivity contribution in [2.24, 2.45) is 0 Å². The first-order valence-corrected chi connectivity index (χ1v) is 22.8. The van der Waals surface area contributed by atoms with Gasteiger partial charge in [-0.1, -0.05) is 31.0 Å². The number of hydrogen-bond donors (Lipinski definition) is 8. The van der Waals surface area contributed by atoms with Crippen LogP contribution in [0.3, 0.4) is 0 Å². The number of anilines is 1. The number of halogens is 2. The number of benzene rings is 1. The number of thiocarbonyl (C=S) groups is 1. The lowest BCUT2D eigenvalue weighted by Gasteiger charge is -2.34. The van der Waals surface area contributed by atoms with Crippen molar-refractivity contribution in [2.45, 2.75) is 38.1 Å². The number of allylic oxidation sites excluding steroid dienone is 2. The van der Waals surface area contributed by atoms with E-state index in [-0.39, 0.29) is 50.0 Å². The highest BCUT2D eigenvalue weighted by atomic mass is 32.1. The number of hydrogen-bond acceptors (Lipinski definition) is 12. The van der Waals surface area contributed by atoms with Gasteiger partial charge in [0.25, 0.3) is 5.91 Å². The Morgan fingerprint density at radius 3 is 2.00 bits per heavy atom. The molecular weight excluding hydrogens is 933 g/mol. The Labute approximate surface area is 398 Å². The Morgan fingerprint density at radius 2 is 1.40 bits per heavy atom. The largest absolute Gasteiger partial charge is 0.737 e. The Balaban J connectivity index is 1.02. The van der Waals surface area contributed by atoms with Crippen molar-refractivity contribution in [3.8, 4) is 5.75 Å². The fourth-order valence-corrected chi connectivity index (χ4v) is 8.71. The molecule has 0 saturated carbocycles. The number of ether oxygens (including phenoxy) is 1. The summed E-state index contributed by atoms with van der Waals surface area (Å²) in [4.78, 5) is 74.8. The summed E-state index contributed by atoms with van der Waals surface area (Å²) >= 11 is 6.82. The quantitative estimate of drug-likeness (QED) is 0.0271. The molecule has 0 aliphatic carbocycles. The maximum Gasteiger partial charge on any atom is 0.737 e. The van der Waals surface area contributed by atoms with Crippen LogP contribution in [-0.2, 0) is 35.2 Å². The number of nitrogens with one attached hydrogen (secondary N) is 3. The zero-order valence-electron chi connectivity index (χ0n) is 36.8. The first-order valence-electron chi connectivity index (χ1n) is 21.5. The number of aromatic nitrogens is 1. The van der Waals surface area contributed by atoms with Gasteiger partial charge >= 0.3 is 36.8 Å². The zero-order valence-corrected chi connectivity index (χ0v) is 38.4. The molecule has 68 heavy (non-hydrogen) atoms. The number of amides is 1. The van der Waals surface area contributed by atoms with Crippen LogP contribution in [0.5, 0.6) is 5.75 Å². The minimum atomic E-state index is -4.19. The standard InChI is InChI=1S/C43H53BF2N8O12S2/c45-44(46)53-22-34(20-32(53)19-31-11-12-35(54(31)44)36-6-5-17-68-36)66-28-37(55)47-13-3-1-2-4-14-48-43(67)49-30-9-7-29(8-10-30)18-33(52(26-41(62)63)27-42(64)65)21-50(23-38(56)57)15-16-51(24-39(58)59)25-40(60)61/h5-12,17,19-20,22,33H,1-4,13-16,18,21,23-28H2,(H,47,55)(H,56,57)(H,58,59)(H,60,61)(H,62,63)(H,64,65)(H2,48,49,67). The number of fused-ring (bicyclic) bond motifs is 2. The van der Waals surface area contributed by atoms with Crippen LogP contribution in [0.25, 0.3) is 6.08 Å². The van der Waals surface area contributed by atoms with Gasteiger partial charge in [0.2, 0.25) is 0 Å². The van der Waals surface area contributed by atoms with E-state index in [0.29, 0.717) is 47.3 Å². The van der Waals surface area contributed by atoms with E-state index in [9.17, 15) is 54.3 Å². The van der Waals surface area contributed by atoms with E-state index in [1.54, 1.807) is 48.6 Å². The van der Waals surface area contributed by atoms with Gasteiger partial charge in [0.05, 0.1) is 37.6 Å². The van der Waals surface area contributed by atoms with Crippen molar-refractivity contribution in [1.82, 2.24) is 29.8 Å². The molecule has 8 N–H and O–H groups in total. The first kappa shape index (κ1) is 52.4. The first-order chi connectivity index (χ1) is 32.4. The van der Waals surface area contributed by atoms with Gasteiger partial charge in [-0.15, -0.1) is 11.3 Å². The molecule has 4 heterocycles. The fourth-order valence-electron chi connectivity index (χ4n) is 7.74. The molecule has 1 atom stereocenters. The van der Waals surface area contributed by atoms with Gasteiger partial charge in [-0.25, -0.2) is 0 Å². The van der Waals surface area contributed by atoms with E-state index in [4.69, 9.17) is 17.0 Å². The summed E-state index contributed by atoms with van der Waals surface area (Å²) in [5, 5.41) is 58.4. The highest BCUT2D eigenvalue weighted by molar-refractivity contribution is 7.80. The maximum absolute atomic E-state index is 15.7. The van der Waals surface area contributed by atoms with Crippen LogP contribution < -0.4 is 20.7 Å². The van der Waals surface area contributed by atoms with E-state index < -0.39 is 75.6 Å². The molecule has 25 heteroatoms. The summed E-state index contributed by atoms with van der Waals surface area (Å²) in [5.41, 5.74) is 2.37. The summed E-state index contributed by atoms with van der Waals surface area (Å²) < 4.78 is 39.0. The Bertz CT molecular complexity index is 2370. The Hall–Kier alpha value is -6.54. The number of carboxylic acids is 5. The molecule has 20 nitrogen and oxygen atoms in total. The monoisotopic (exact) mass is 986 g/mol. The Kier molecular flexibility index (Phi) is 19.3. The molecular formula is C43H53BF2N8O12S2. The number of carboxylic acid groups (broad SMARTS) is 5. The molecule has 1 aromatic carbocycles. The fraction of sp³-hybridized carbons (Fsp3) is 0.395. The van der Waals surface area contributed by atoms with Gasteiger partial charge in [-0.3, -0.25) is 43.5 Å². The second-order valence-corrected chi connectivity index (χ2v) is 17.4. The predicted octanol–water partition coefficient (Wildman–Crippen LogP) is 2.48. The normalized spacial score (nSPS) is 14.0. The molecule has 0 radical (unpaired) electrons. The van der Waals surface area contributed by atoms with Crippen molar-refractivity contribution < 1.29 is 72.2 Å². The van der Waals surface area contributed by atoms with E-state index in [0.717, 1.165) is 38.0 Å². The summed E-state index contributed by atoms with van der Waals surface area (Å²) in [6.07, 6.45) is 9.46. The molecule has 0 fully saturated rings. The average Bonchev–Trinajstić information content (AvgIpc) is 4.04. The topological polar surface area (TPSA) is 267 Å². The Morgan fingerprint density at radius 1 is 0.794 bits per heavy atom. The van der Waals surface area contributed by atoms with Gasteiger partial charge < -0.3 is 63.8 Å². The minimum Gasteiger partial charge on any atom is -0.482 e. The van der Waals surface area contributed by atoms with Crippen LogP contribution in [0.15, 0.2) is 71.9 Å². The van der Waals surface area contributed by atoms with Crippen molar-refractivity contribution in [2.75, 3.05) is 77.4 Å². The highest BCUT2D eigenvalue weighted by Gasteiger charge is 2.52. The molecule has 5 rings (SSSR count). The molecule has 0 saturated heterocycles. The van der Waals surface area contributed by atoms with Crippen molar-refractivity contribution in [3.63, 3.8) is 0 Å². The second-order valence-electron chi connectivity index (χ2n) is 16.0. The lowest BCUT2D eigenvalue weighted by molar-refractivity contribution is -0.360. The third-order valence-corrected chi connectivity index (χ3v) is 11.9. The third-order valence-electron chi connectivity index (χ3n) is 10.8. The molecule has 366 valence electrons. The summed E-state index contributed by atoms with van der Waals surface area (Å²) in [7, 11) is 0. The van der Waals surface area contributed by atoms with Gasteiger partial charge in [0.15, 0.2) is 23.1 Å². The highest BCUT2D eigenvalue weighted by Crippen LogP contribution is 2.35. The molecule has 1 amide bonds. The number of carbonyl (C=O) groups is 6. The van der Waals surface area contributed by atoms with Gasteiger partial charge in [0.1, 0.15) is 5.75 Å². The molecule has 2 aliphatic heterocycles. The number of nitrogens with zero attached hydrogens (tertiary/aromatic N) is 5. The summed E-state index contributed by atoms with van der Waals surface area (Å²) in [6, 6.07) is 11.1. The SMILES string of the molecule is O=C(O)CN(CCN(CC(=O)O)CC(Cc1ccc(NC(=S)NCCCCCCNC(=O)COc2cc3n(c2)[B-](F)(F)[N+]2=C(c4cccs4)C=CC2=C3)cc1)N(CC(=O)O)CC(=O)O)CC(=O)O. The molecule has 1 unspecified atom stereocenters. The number of carbonyl (C=O) groups excluding carboxylic acids is 1. The number of thiophene rings is 1. The van der Waals surface area contributed by atoms with Crippen molar-refractivity contribution in [3.05, 3.63) is 88.0 Å². The van der Waals surface area contributed by atoms with Crippen LogP contribution >= 0.6 is 23.6 Å². The smallest absolute Gasteiger partial charge is 0.482 e. The van der Waals surface area contributed by atoms with Gasteiger partial charge in [-0.05, 0) is 60.6 Å². The number of aliphatic carboxylic acids is 5. The molecule has 2 aliphatic rings. The van der Waals surface area contributed by atoms with Crippen LogP contribution in [0.1, 0.15) is 41.8 Å². The van der Waals surface area contributed by atoms with Crippen molar-refractivity contribution in [1.29, 1.82) is 0 Å². The molecule has 0 bridgehead atoms. The lowest BCUT2D eigenvalue weighted by Crippen LogP contribution is -2.51. The maximum atomic E-state index is 15.7. The van der Waals surface area contributed by atoms with E-state index in [1.807, 2.05) is 11.4 Å². The minimum absolute atomic E-state index is 0.0949. The molecule has 0 spiro atoms. The van der Waals surface area contributed by atoms with E-state index in [2.05, 4.69) is 16.0 Å². The zero-order chi connectivity index (χ0) is 49.4. The molecule has 2 aromatic heterocycles. The van der Waals surface area contributed by atoms with Gasteiger partial charge in [-0.2, -0.15) is 0 Å². The van der Waals surface area contributed by atoms with Gasteiger partial charge in [0, 0.05) is 80.6 Å². The third kappa shape index (κ3) is 16.1. The lowest BCUT2D eigenvalue weighted by atomic mass is 9.91. The van der Waals surface area contributed by atoms with E-state index in [1.165, 1.54) is 33.4 Å². The predicted molar refractivity (Wildman–Crippen MR) is 251 cm³/mol. The van der Waals surface area contributed by atoms with Crippen LogP contribution in [0.2, 0.25) is 0 Å². The second kappa shape index (κ2) is 25.0. The van der Waals surface area contributed by atoms with Crippen LogP contribution in [-0.4, -0.2) is 181 Å². The summed E-state index contributed by atoms with van der Waals surface area (Å²) in [6.45, 7) is -7.09. The number of unbranched alkanes of at least 4 members (excludes halogenated alkanes) is 3. The van der Waals surface area contributed by atoms with Crippen molar-refractivity contribution >= 4 is 88.9 Å². The average molecular weight is 987 g/mol. The molecule has 3 aromatic rings.